The van der Waals surface area contributed by atoms with Crippen LogP contribution in [0.1, 0.15) is 5.82 Å². The summed E-state index contributed by atoms with van der Waals surface area (Å²) in [5.41, 5.74) is 0.736. The molecule has 24 heavy (non-hydrogen) atoms. The number of anilines is 1. The molecule has 0 radical (unpaired) electrons. The van der Waals surface area contributed by atoms with E-state index in [1.54, 1.807) is 0 Å². The predicted octanol–water partition coefficient (Wildman–Crippen LogP) is 0.319. The van der Waals surface area contributed by atoms with Crippen LogP contribution in [0.25, 0.3) is 10.9 Å². The van der Waals surface area contributed by atoms with E-state index in [0.29, 0.717) is 31.4 Å². The number of aliphatic carboxylic acids is 1. The van der Waals surface area contributed by atoms with Gasteiger partial charge in [0.1, 0.15) is 17.7 Å². The first kappa shape index (κ1) is 16.6. The first-order chi connectivity index (χ1) is 11.7. The molecule has 2 heterocycles. The van der Waals surface area contributed by atoms with E-state index >= 15 is 0 Å². The van der Waals surface area contributed by atoms with Crippen LogP contribution in [0.5, 0.6) is 0 Å². The van der Waals surface area contributed by atoms with Gasteiger partial charge < -0.3 is 20.3 Å². The number of hydrogen-bond donors (Lipinski definition) is 3. The van der Waals surface area contributed by atoms with Gasteiger partial charge in [0.05, 0.1) is 31.9 Å². The number of carboxylic acid groups (broad SMARTS) is 1. The number of nitrogens with zero attached hydrogens (tertiary/aromatic N) is 3. The zero-order valence-electron chi connectivity index (χ0n) is 13.2. The number of hydrogen-bond acceptors (Lipinski definition) is 7. The van der Waals surface area contributed by atoms with Gasteiger partial charge >= 0.3 is 5.97 Å². The summed E-state index contributed by atoms with van der Waals surface area (Å²) in [5.74, 6) is -0.0968. The van der Waals surface area contributed by atoms with Crippen LogP contribution in [0.15, 0.2) is 24.3 Å². The maximum Gasteiger partial charge on any atom is 0.328 e. The van der Waals surface area contributed by atoms with Crippen molar-refractivity contribution >= 4 is 22.7 Å². The molecular formula is C16H20N4O4. The number of benzene rings is 1. The van der Waals surface area contributed by atoms with Crippen molar-refractivity contribution in [1.82, 2.24) is 14.9 Å². The Hall–Kier alpha value is -2.29. The molecule has 3 N–H and O–H groups in total. The second-order valence-electron chi connectivity index (χ2n) is 5.61. The molecular weight excluding hydrogens is 312 g/mol. The average molecular weight is 332 g/mol. The van der Waals surface area contributed by atoms with Gasteiger partial charge in [0.25, 0.3) is 0 Å². The van der Waals surface area contributed by atoms with Gasteiger partial charge in [-0.3, -0.25) is 4.90 Å². The molecule has 0 aliphatic carbocycles. The van der Waals surface area contributed by atoms with Crippen LogP contribution in [0, 0.1) is 0 Å². The minimum absolute atomic E-state index is 0.422. The summed E-state index contributed by atoms with van der Waals surface area (Å²) >= 11 is 0. The number of aromatic nitrogens is 2. The molecule has 8 heteroatoms. The maximum absolute atomic E-state index is 11.2. The Kier molecular flexibility index (Phi) is 5.19. The van der Waals surface area contributed by atoms with E-state index in [2.05, 4.69) is 20.2 Å². The number of carboxylic acids is 1. The van der Waals surface area contributed by atoms with E-state index in [1.807, 2.05) is 24.3 Å². The lowest BCUT2D eigenvalue weighted by Gasteiger charge is -2.26. The summed E-state index contributed by atoms with van der Waals surface area (Å²) < 4.78 is 5.34. The Morgan fingerprint density at radius 1 is 1.29 bits per heavy atom. The van der Waals surface area contributed by atoms with Gasteiger partial charge in [-0.05, 0) is 12.1 Å². The molecule has 1 fully saturated rings. The number of aliphatic hydroxyl groups excluding tert-OH is 1. The Balaban J connectivity index is 1.91. The molecule has 0 spiro atoms. The van der Waals surface area contributed by atoms with Gasteiger partial charge in [0, 0.05) is 18.5 Å². The quantitative estimate of drug-likeness (QED) is 0.694. The van der Waals surface area contributed by atoms with Gasteiger partial charge in [0.15, 0.2) is 0 Å². The zero-order chi connectivity index (χ0) is 16.9. The number of aliphatic hydroxyl groups is 1. The summed E-state index contributed by atoms with van der Waals surface area (Å²) in [6, 6.07) is 6.29. The second kappa shape index (κ2) is 7.52. The Labute approximate surface area is 139 Å². The average Bonchev–Trinajstić information content (AvgIpc) is 2.60. The van der Waals surface area contributed by atoms with Crippen molar-refractivity contribution in [2.24, 2.45) is 0 Å². The van der Waals surface area contributed by atoms with E-state index < -0.39 is 18.6 Å². The molecule has 3 rings (SSSR count). The Bertz CT molecular complexity index is 718. The molecule has 1 saturated heterocycles. The molecule has 0 bridgehead atoms. The van der Waals surface area contributed by atoms with E-state index in [-0.39, 0.29) is 0 Å². The van der Waals surface area contributed by atoms with Crippen LogP contribution in [0.3, 0.4) is 0 Å². The minimum Gasteiger partial charge on any atom is -0.480 e. The Morgan fingerprint density at radius 3 is 2.75 bits per heavy atom. The largest absolute Gasteiger partial charge is 0.480 e. The number of fused-ring (bicyclic) bond motifs is 1. The van der Waals surface area contributed by atoms with Crippen molar-refractivity contribution < 1.29 is 19.7 Å². The fraction of sp³-hybridized carbons (Fsp3) is 0.438. The highest BCUT2D eigenvalue weighted by molar-refractivity contribution is 5.90. The van der Waals surface area contributed by atoms with Gasteiger partial charge in [-0.2, -0.15) is 0 Å². The predicted molar refractivity (Wildman–Crippen MR) is 87.8 cm³/mol. The van der Waals surface area contributed by atoms with E-state index in [0.717, 1.165) is 24.0 Å². The fourth-order valence-corrected chi connectivity index (χ4v) is 2.62. The molecule has 1 unspecified atom stereocenters. The molecule has 0 saturated carbocycles. The van der Waals surface area contributed by atoms with Crippen LogP contribution in [-0.4, -0.2) is 70.0 Å². The molecule has 1 atom stereocenters. The van der Waals surface area contributed by atoms with Crippen molar-refractivity contribution in [3.63, 3.8) is 0 Å². The van der Waals surface area contributed by atoms with E-state index in [9.17, 15) is 9.90 Å². The van der Waals surface area contributed by atoms with Crippen LogP contribution >= 0.6 is 0 Å². The summed E-state index contributed by atoms with van der Waals surface area (Å²) in [7, 11) is 0. The number of nitrogens with one attached hydrogen (secondary N) is 1. The standard InChI is InChI=1S/C16H20N4O4/c21-10-13(16(22)23)18-15-11-3-1-2-4-12(11)17-14(19-15)9-20-5-7-24-8-6-20/h1-4,13,21H,5-10H2,(H,22,23)(H,17,18,19). The van der Waals surface area contributed by atoms with Crippen molar-refractivity contribution in [1.29, 1.82) is 0 Å². The monoisotopic (exact) mass is 332 g/mol. The fourth-order valence-electron chi connectivity index (χ4n) is 2.62. The number of para-hydroxylation sites is 1. The third-order valence-electron chi connectivity index (χ3n) is 3.91. The molecule has 1 aromatic heterocycles. The van der Waals surface area contributed by atoms with Gasteiger partial charge in [0.2, 0.25) is 0 Å². The summed E-state index contributed by atoms with van der Waals surface area (Å²) in [6.07, 6.45) is 0. The first-order valence-electron chi connectivity index (χ1n) is 7.83. The third-order valence-corrected chi connectivity index (χ3v) is 3.91. The lowest BCUT2D eigenvalue weighted by molar-refractivity contribution is -0.138. The number of morpholine rings is 1. The third kappa shape index (κ3) is 3.78. The molecule has 1 aromatic carbocycles. The first-order valence-corrected chi connectivity index (χ1v) is 7.83. The zero-order valence-corrected chi connectivity index (χ0v) is 13.2. The van der Waals surface area contributed by atoms with Gasteiger partial charge in [-0.25, -0.2) is 14.8 Å². The van der Waals surface area contributed by atoms with Crippen LogP contribution in [0.2, 0.25) is 0 Å². The van der Waals surface area contributed by atoms with Crippen LogP contribution in [0.4, 0.5) is 5.82 Å². The number of carbonyl (C=O) groups is 1. The molecule has 8 nitrogen and oxygen atoms in total. The lowest BCUT2D eigenvalue weighted by Crippen LogP contribution is -2.36. The molecule has 1 aliphatic heterocycles. The molecule has 1 aliphatic rings. The summed E-state index contributed by atoms with van der Waals surface area (Å²) in [4.78, 5) is 22.4. The number of rotatable bonds is 6. The van der Waals surface area contributed by atoms with Crippen molar-refractivity contribution in [3.8, 4) is 0 Å². The maximum atomic E-state index is 11.2. The van der Waals surface area contributed by atoms with Crippen molar-refractivity contribution in [2.45, 2.75) is 12.6 Å². The SMILES string of the molecule is O=C(O)C(CO)Nc1nc(CN2CCOCC2)nc2ccccc12. The lowest BCUT2D eigenvalue weighted by atomic mass is 10.2. The van der Waals surface area contributed by atoms with Gasteiger partial charge in [-0.1, -0.05) is 12.1 Å². The summed E-state index contributed by atoms with van der Waals surface area (Å²) in [6.45, 7) is 3.04. The smallest absolute Gasteiger partial charge is 0.328 e. The molecule has 0 amide bonds. The number of ether oxygens (including phenoxy) is 1. The topological polar surface area (TPSA) is 108 Å². The molecule has 128 valence electrons. The summed E-state index contributed by atoms with van der Waals surface area (Å²) in [5, 5.41) is 21.9. The highest BCUT2D eigenvalue weighted by Gasteiger charge is 2.19. The van der Waals surface area contributed by atoms with E-state index in [1.165, 1.54) is 0 Å². The normalized spacial score (nSPS) is 16.9. The van der Waals surface area contributed by atoms with Crippen molar-refractivity contribution in [3.05, 3.63) is 30.1 Å². The molecule has 2 aromatic rings. The highest BCUT2D eigenvalue weighted by Crippen LogP contribution is 2.21. The highest BCUT2D eigenvalue weighted by atomic mass is 16.5. The van der Waals surface area contributed by atoms with Crippen molar-refractivity contribution in [2.75, 3.05) is 38.2 Å². The second-order valence-corrected chi connectivity index (χ2v) is 5.61. The van der Waals surface area contributed by atoms with E-state index in [4.69, 9.17) is 9.84 Å². The van der Waals surface area contributed by atoms with Crippen LogP contribution < -0.4 is 5.32 Å². The van der Waals surface area contributed by atoms with Crippen LogP contribution in [-0.2, 0) is 16.1 Å². The Morgan fingerprint density at radius 2 is 2.04 bits per heavy atom. The minimum atomic E-state index is -1.13. The van der Waals surface area contributed by atoms with Gasteiger partial charge in [-0.15, -0.1) is 0 Å².